The highest BCUT2D eigenvalue weighted by molar-refractivity contribution is 5.25. The minimum atomic E-state index is 0.343. The Morgan fingerprint density at radius 3 is 2.76 bits per heavy atom. The van der Waals surface area contributed by atoms with Gasteiger partial charge in [0.15, 0.2) is 5.75 Å². The Morgan fingerprint density at radius 2 is 2.24 bits per heavy atom. The molecule has 1 aromatic rings. The number of nitrogens with zero attached hydrogens (tertiary/aromatic N) is 2. The van der Waals surface area contributed by atoms with Crippen molar-refractivity contribution in [3.05, 3.63) is 11.9 Å². The van der Waals surface area contributed by atoms with Gasteiger partial charge in [-0.2, -0.15) is 5.10 Å². The Labute approximate surface area is 103 Å². The van der Waals surface area contributed by atoms with Gasteiger partial charge in [-0.3, -0.25) is 4.68 Å². The van der Waals surface area contributed by atoms with Crippen LogP contribution in [-0.2, 0) is 6.42 Å². The SMILES string of the molecule is COc1cnn(C(C)C)c1CCC(N)C1CC1. The van der Waals surface area contributed by atoms with E-state index in [1.807, 2.05) is 4.68 Å². The maximum Gasteiger partial charge on any atom is 0.159 e. The minimum Gasteiger partial charge on any atom is -0.493 e. The van der Waals surface area contributed by atoms with Crippen LogP contribution in [0.1, 0.15) is 44.8 Å². The van der Waals surface area contributed by atoms with E-state index in [0.717, 1.165) is 24.5 Å². The lowest BCUT2D eigenvalue weighted by molar-refractivity contribution is 0.400. The quantitative estimate of drug-likeness (QED) is 0.824. The Morgan fingerprint density at radius 1 is 1.53 bits per heavy atom. The summed E-state index contributed by atoms with van der Waals surface area (Å²) >= 11 is 0. The summed E-state index contributed by atoms with van der Waals surface area (Å²) in [4.78, 5) is 0. The summed E-state index contributed by atoms with van der Waals surface area (Å²) < 4.78 is 7.40. The Balaban J connectivity index is 2.03. The minimum absolute atomic E-state index is 0.343. The van der Waals surface area contributed by atoms with Gasteiger partial charge in [0.05, 0.1) is 19.0 Å². The first kappa shape index (κ1) is 12.4. The second kappa shape index (κ2) is 5.08. The van der Waals surface area contributed by atoms with Gasteiger partial charge in [-0.25, -0.2) is 0 Å². The molecule has 1 heterocycles. The van der Waals surface area contributed by atoms with Crippen molar-refractivity contribution < 1.29 is 4.74 Å². The molecular formula is C13H23N3O. The van der Waals surface area contributed by atoms with Crippen molar-refractivity contribution in [2.45, 2.75) is 51.6 Å². The van der Waals surface area contributed by atoms with Gasteiger partial charge in [0.1, 0.15) is 0 Å². The van der Waals surface area contributed by atoms with Crippen molar-refractivity contribution in [3.8, 4) is 5.75 Å². The Hall–Kier alpha value is -1.03. The van der Waals surface area contributed by atoms with Crippen molar-refractivity contribution in [1.29, 1.82) is 0 Å². The largest absolute Gasteiger partial charge is 0.493 e. The molecule has 0 aliphatic heterocycles. The maximum atomic E-state index is 6.14. The van der Waals surface area contributed by atoms with Crippen LogP contribution in [0, 0.1) is 5.92 Å². The molecule has 1 atom stereocenters. The topological polar surface area (TPSA) is 53.1 Å². The molecule has 2 rings (SSSR count). The van der Waals surface area contributed by atoms with Crippen LogP contribution in [0.4, 0.5) is 0 Å². The number of aromatic nitrogens is 2. The molecule has 0 spiro atoms. The summed E-state index contributed by atoms with van der Waals surface area (Å²) in [5.41, 5.74) is 7.32. The molecule has 1 unspecified atom stereocenters. The molecule has 1 aliphatic rings. The summed E-state index contributed by atoms with van der Waals surface area (Å²) in [5, 5.41) is 4.38. The number of hydrogen-bond donors (Lipinski definition) is 1. The highest BCUT2D eigenvalue weighted by Gasteiger charge is 2.28. The van der Waals surface area contributed by atoms with Crippen molar-refractivity contribution in [2.24, 2.45) is 11.7 Å². The van der Waals surface area contributed by atoms with Crippen LogP contribution in [0.3, 0.4) is 0 Å². The lowest BCUT2D eigenvalue weighted by Gasteiger charge is -2.14. The monoisotopic (exact) mass is 237 g/mol. The fourth-order valence-corrected chi connectivity index (χ4v) is 2.29. The van der Waals surface area contributed by atoms with Crippen LogP contribution in [0.15, 0.2) is 6.20 Å². The third-order valence-corrected chi connectivity index (χ3v) is 3.51. The standard InChI is InChI=1S/C13H23N3O/c1-9(2)16-12(13(17-3)8-15-16)7-6-11(14)10-4-5-10/h8-11H,4-7,14H2,1-3H3. The molecule has 4 nitrogen and oxygen atoms in total. The molecule has 17 heavy (non-hydrogen) atoms. The van der Waals surface area contributed by atoms with E-state index in [9.17, 15) is 0 Å². The molecule has 1 saturated carbocycles. The van der Waals surface area contributed by atoms with Crippen LogP contribution in [0.2, 0.25) is 0 Å². The molecule has 4 heteroatoms. The van der Waals surface area contributed by atoms with Crippen molar-refractivity contribution >= 4 is 0 Å². The zero-order chi connectivity index (χ0) is 12.4. The molecule has 0 bridgehead atoms. The van der Waals surface area contributed by atoms with Gasteiger partial charge in [-0.1, -0.05) is 0 Å². The first-order valence-corrected chi connectivity index (χ1v) is 6.49. The number of hydrogen-bond acceptors (Lipinski definition) is 3. The normalized spacial score (nSPS) is 17.5. The van der Waals surface area contributed by atoms with Gasteiger partial charge in [0, 0.05) is 12.1 Å². The molecular weight excluding hydrogens is 214 g/mol. The van der Waals surface area contributed by atoms with E-state index < -0.39 is 0 Å². The Kier molecular flexibility index (Phi) is 3.72. The fraction of sp³-hybridized carbons (Fsp3) is 0.769. The van der Waals surface area contributed by atoms with Crippen LogP contribution in [-0.4, -0.2) is 22.9 Å². The summed E-state index contributed by atoms with van der Waals surface area (Å²) in [7, 11) is 1.70. The van der Waals surface area contributed by atoms with Crippen LogP contribution < -0.4 is 10.5 Å². The zero-order valence-electron chi connectivity index (χ0n) is 11.0. The van der Waals surface area contributed by atoms with Crippen LogP contribution in [0.25, 0.3) is 0 Å². The third-order valence-electron chi connectivity index (χ3n) is 3.51. The molecule has 1 aromatic heterocycles. The van der Waals surface area contributed by atoms with Crippen molar-refractivity contribution in [3.63, 3.8) is 0 Å². The number of methoxy groups -OCH3 is 1. The van der Waals surface area contributed by atoms with Crippen molar-refractivity contribution in [1.82, 2.24) is 9.78 Å². The molecule has 0 aromatic carbocycles. The molecule has 0 radical (unpaired) electrons. The molecule has 0 saturated heterocycles. The molecule has 0 amide bonds. The average Bonchev–Trinajstić information content (AvgIpc) is 3.06. The van der Waals surface area contributed by atoms with E-state index in [1.54, 1.807) is 13.3 Å². The van der Waals surface area contributed by atoms with Crippen LogP contribution >= 0.6 is 0 Å². The lowest BCUT2D eigenvalue weighted by atomic mass is 10.1. The van der Waals surface area contributed by atoms with E-state index >= 15 is 0 Å². The number of ether oxygens (including phenoxy) is 1. The van der Waals surface area contributed by atoms with E-state index in [-0.39, 0.29) is 0 Å². The van der Waals surface area contributed by atoms with Gasteiger partial charge < -0.3 is 10.5 Å². The highest BCUT2D eigenvalue weighted by Crippen LogP contribution is 2.34. The van der Waals surface area contributed by atoms with Crippen molar-refractivity contribution in [2.75, 3.05) is 7.11 Å². The van der Waals surface area contributed by atoms with E-state index in [2.05, 4.69) is 18.9 Å². The maximum absolute atomic E-state index is 6.14. The van der Waals surface area contributed by atoms with Gasteiger partial charge >= 0.3 is 0 Å². The second-order valence-corrected chi connectivity index (χ2v) is 5.24. The predicted octanol–water partition coefficient (Wildman–Crippen LogP) is 2.14. The average molecular weight is 237 g/mol. The van der Waals surface area contributed by atoms with Crippen LogP contribution in [0.5, 0.6) is 5.75 Å². The molecule has 96 valence electrons. The molecule has 1 fully saturated rings. The van der Waals surface area contributed by atoms with Gasteiger partial charge in [0.25, 0.3) is 0 Å². The lowest BCUT2D eigenvalue weighted by Crippen LogP contribution is -2.23. The molecule has 2 N–H and O–H groups in total. The van der Waals surface area contributed by atoms with Gasteiger partial charge in [-0.15, -0.1) is 0 Å². The summed E-state index contributed by atoms with van der Waals surface area (Å²) in [5.74, 6) is 1.65. The van der Waals surface area contributed by atoms with E-state index in [4.69, 9.17) is 10.5 Å². The zero-order valence-corrected chi connectivity index (χ0v) is 11.0. The summed E-state index contributed by atoms with van der Waals surface area (Å²) in [6.45, 7) is 4.27. The summed E-state index contributed by atoms with van der Waals surface area (Å²) in [6.07, 6.45) is 6.40. The second-order valence-electron chi connectivity index (χ2n) is 5.24. The molecule has 1 aliphatic carbocycles. The van der Waals surface area contributed by atoms with E-state index in [0.29, 0.717) is 12.1 Å². The first-order valence-electron chi connectivity index (χ1n) is 6.49. The first-order chi connectivity index (χ1) is 8.13. The summed E-state index contributed by atoms with van der Waals surface area (Å²) in [6, 6.07) is 0.710. The van der Waals surface area contributed by atoms with Gasteiger partial charge in [0.2, 0.25) is 0 Å². The predicted molar refractivity (Wildman–Crippen MR) is 68.2 cm³/mol. The Bertz CT molecular complexity index is 369. The smallest absolute Gasteiger partial charge is 0.159 e. The fourth-order valence-electron chi connectivity index (χ4n) is 2.29. The number of rotatable bonds is 6. The number of nitrogens with two attached hydrogens (primary N) is 1. The highest BCUT2D eigenvalue weighted by atomic mass is 16.5. The third kappa shape index (κ3) is 2.80. The van der Waals surface area contributed by atoms with Gasteiger partial charge in [-0.05, 0) is 45.4 Å². The van der Waals surface area contributed by atoms with E-state index in [1.165, 1.54) is 18.5 Å².